The van der Waals surface area contributed by atoms with E-state index in [2.05, 4.69) is 5.32 Å². The lowest BCUT2D eigenvalue weighted by molar-refractivity contribution is -0.119. The van der Waals surface area contributed by atoms with Crippen molar-refractivity contribution in [1.82, 2.24) is 4.90 Å². The van der Waals surface area contributed by atoms with E-state index in [9.17, 15) is 9.18 Å². The number of nitrogens with zero attached hydrogens (tertiary/aromatic N) is 1. The minimum Gasteiger partial charge on any atom is -0.397 e. The zero-order valence-corrected chi connectivity index (χ0v) is 10.9. The Morgan fingerprint density at radius 2 is 2.42 bits per heavy atom. The molecule has 1 unspecified atom stereocenters. The second kappa shape index (κ2) is 5.99. The number of morpholine rings is 1. The summed E-state index contributed by atoms with van der Waals surface area (Å²) in [7, 11) is 0. The number of amides is 1. The summed E-state index contributed by atoms with van der Waals surface area (Å²) >= 11 is 0. The van der Waals surface area contributed by atoms with Crippen LogP contribution in [0.3, 0.4) is 0 Å². The summed E-state index contributed by atoms with van der Waals surface area (Å²) in [6.45, 7) is 4.28. The number of anilines is 2. The first-order valence-corrected chi connectivity index (χ1v) is 6.23. The third-order valence-corrected chi connectivity index (χ3v) is 2.98. The molecule has 1 aromatic carbocycles. The highest BCUT2D eigenvalue weighted by Gasteiger charge is 2.19. The highest BCUT2D eigenvalue weighted by molar-refractivity contribution is 5.95. The molecule has 1 atom stereocenters. The summed E-state index contributed by atoms with van der Waals surface area (Å²) in [5.41, 5.74) is 6.34. The van der Waals surface area contributed by atoms with Gasteiger partial charge in [0.2, 0.25) is 5.91 Å². The number of hydrogen-bond donors (Lipinski definition) is 2. The fourth-order valence-electron chi connectivity index (χ4n) is 2.06. The van der Waals surface area contributed by atoms with Gasteiger partial charge in [-0.15, -0.1) is 0 Å². The Balaban J connectivity index is 1.92. The molecule has 1 aliphatic rings. The number of nitrogens with one attached hydrogen (secondary N) is 1. The van der Waals surface area contributed by atoms with Crippen LogP contribution < -0.4 is 11.1 Å². The van der Waals surface area contributed by atoms with Crippen LogP contribution in [0.25, 0.3) is 0 Å². The molecule has 104 valence electrons. The minimum absolute atomic E-state index is 0.126. The number of nitrogen functional groups attached to an aromatic ring is 1. The molecule has 1 aliphatic heterocycles. The number of benzene rings is 1. The summed E-state index contributed by atoms with van der Waals surface area (Å²) in [5.74, 6) is -0.629. The van der Waals surface area contributed by atoms with E-state index < -0.39 is 5.82 Å². The number of nitrogens with two attached hydrogens (primary N) is 1. The second-order valence-electron chi connectivity index (χ2n) is 4.70. The molecule has 0 aromatic heterocycles. The molecule has 2 rings (SSSR count). The first kappa shape index (κ1) is 13.8. The maximum absolute atomic E-state index is 13.1. The number of halogens is 1. The molecule has 6 heteroatoms. The van der Waals surface area contributed by atoms with E-state index in [0.717, 1.165) is 6.54 Å². The van der Waals surface area contributed by atoms with Crippen molar-refractivity contribution >= 4 is 17.3 Å². The standard InChI is InChI=1S/C13H18FN3O2/c1-9-7-17(4-5-19-9)8-13(18)16-12-6-10(14)2-3-11(12)15/h2-3,6,9H,4-5,7-8,15H2,1H3,(H,16,18). The van der Waals surface area contributed by atoms with Crippen molar-refractivity contribution in [2.75, 3.05) is 37.3 Å². The monoisotopic (exact) mass is 267 g/mol. The fourth-order valence-corrected chi connectivity index (χ4v) is 2.06. The Labute approximate surface area is 111 Å². The lowest BCUT2D eigenvalue weighted by atomic mass is 10.2. The first-order chi connectivity index (χ1) is 9.04. The molecule has 1 amide bonds. The molecule has 0 aliphatic carbocycles. The quantitative estimate of drug-likeness (QED) is 0.804. The molecule has 0 saturated carbocycles. The van der Waals surface area contributed by atoms with Crippen molar-refractivity contribution < 1.29 is 13.9 Å². The zero-order valence-electron chi connectivity index (χ0n) is 10.9. The van der Waals surface area contributed by atoms with E-state index in [1.165, 1.54) is 18.2 Å². The molecule has 1 saturated heterocycles. The molecule has 1 aromatic rings. The maximum atomic E-state index is 13.1. The average molecular weight is 267 g/mol. The van der Waals surface area contributed by atoms with Gasteiger partial charge in [-0.3, -0.25) is 9.69 Å². The summed E-state index contributed by atoms with van der Waals surface area (Å²) in [5, 5.41) is 2.63. The summed E-state index contributed by atoms with van der Waals surface area (Å²) < 4.78 is 18.5. The van der Waals surface area contributed by atoms with Crippen LogP contribution in [0, 0.1) is 5.82 Å². The average Bonchev–Trinajstić information content (AvgIpc) is 2.34. The van der Waals surface area contributed by atoms with E-state index in [4.69, 9.17) is 10.5 Å². The Morgan fingerprint density at radius 1 is 1.63 bits per heavy atom. The van der Waals surface area contributed by atoms with Crippen LogP contribution in [0.4, 0.5) is 15.8 Å². The van der Waals surface area contributed by atoms with Gasteiger partial charge >= 0.3 is 0 Å². The number of rotatable bonds is 3. The molecule has 5 nitrogen and oxygen atoms in total. The van der Waals surface area contributed by atoms with Crippen LogP contribution in [0.15, 0.2) is 18.2 Å². The van der Waals surface area contributed by atoms with Crippen LogP contribution in [0.5, 0.6) is 0 Å². The molecule has 3 N–H and O–H groups in total. The van der Waals surface area contributed by atoms with Crippen molar-refractivity contribution in [3.63, 3.8) is 0 Å². The van der Waals surface area contributed by atoms with Gasteiger partial charge in [0, 0.05) is 13.1 Å². The van der Waals surface area contributed by atoms with E-state index >= 15 is 0 Å². The normalized spacial score (nSPS) is 20.2. The van der Waals surface area contributed by atoms with Crippen LogP contribution in [-0.4, -0.2) is 43.2 Å². The predicted molar refractivity (Wildman–Crippen MR) is 71.3 cm³/mol. The van der Waals surface area contributed by atoms with Gasteiger partial charge in [-0.05, 0) is 25.1 Å². The zero-order chi connectivity index (χ0) is 13.8. The Kier molecular flexibility index (Phi) is 4.34. The Morgan fingerprint density at radius 3 is 3.16 bits per heavy atom. The van der Waals surface area contributed by atoms with Gasteiger partial charge < -0.3 is 15.8 Å². The van der Waals surface area contributed by atoms with Crippen molar-refractivity contribution in [3.05, 3.63) is 24.0 Å². The molecule has 19 heavy (non-hydrogen) atoms. The number of carbonyl (C=O) groups excluding carboxylic acids is 1. The SMILES string of the molecule is CC1CN(CC(=O)Nc2cc(F)ccc2N)CCO1. The topological polar surface area (TPSA) is 67.6 Å². The van der Waals surface area contributed by atoms with Gasteiger partial charge in [0.05, 0.1) is 30.6 Å². The first-order valence-electron chi connectivity index (χ1n) is 6.23. The highest BCUT2D eigenvalue weighted by atomic mass is 19.1. The van der Waals surface area contributed by atoms with E-state index in [0.29, 0.717) is 24.5 Å². The van der Waals surface area contributed by atoms with Crippen molar-refractivity contribution in [1.29, 1.82) is 0 Å². The molecular formula is C13H18FN3O2. The van der Waals surface area contributed by atoms with Gasteiger partial charge in [-0.25, -0.2) is 4.39 Å². The van der Waals surface area contributed by atoms with Crippen LogP contribution in [0.2, 0.25) is 0 Å². The lowest BCUT2D eigenvalue weighted by Gasteiger charge is -2.30. The van der Waals surface area contributed by atoms with E-state index in [1.54, 1.807) is 0 Å². The van der Waals surface area contributed by atoms with Gasteiger partial charge in [-0.1, -0.05) is 0 Å². The number of hydrogen-bond acceptors (Lipinski definition) is 4. The molecule has 1 heterocycles. The molecule has 1 fully saturated rings. The van der Waals surface area contributed by atoms with Crippen molar-refractivity contribution in [2.45, 2.75) is 13.0 Å². The van der Waals surface area contributed by atoms with Crippen LogP contribution in [-0.2, 0) is 9.53 Å². The molecule has 0 spiro atoms. The van der Waals surface area contributed by atoms with Crippen LogP contribution >= 0.6 is 0 Å². The Bertz CT molecular complexity index is 467. The third-order valence-electron chi connectivity index (χ3n) is 2.98. The van der Waals surface area contributed by atoms with Gasteiger partial charge in [-0.2, -0.15) is 0 Å². The number of carbonyl (C=O) groups is 1. The summed E-state index contributed by atoms with van der Waals surface area (Å²) in [6.07, 6.45) is 0.126. The predicted octanol–water partition coefficient (Wildman–Crippen LogP) is 1.07. The van der Waals surface area contributed by atoms with Gasteiger partial charge in [0.1, 0.15) is 5.82 Å². The Hall–Kier alpha value is -1.66. The van der Waals surface area contributed by atoms with E-state index in [-0.39, 0.29) is 18.6 Å². The second-order valence-corrected chi connectivity index (χ2v) is 4.70. The highest BCUT2D eigenvalue weighted by Crippen LogP contribution is 2.19. The van der Waals surface area contributed by atoms with Crippen molar-refractivity contribution in [3.8, 4) is 0 Å². The van der Waals surface area contributed by atoms with Gasteiger partial charge in [0.15, 0.2) is 0 Å². The smallest absolute Gasteiger partial charge is 0.238 e. The lowest BCUT2D eigenvalue weighted by Crippen LogP contribution is -2.44. The number of ether oxygens (including phenoxy) is 1. The van der Waals surface area contributed by atoms with E-state index in [1.807, 2.05) is 11.8 Å². The summed E-state index contributed by atoms with van der Waals surface area (Å²) in [6, 6.07) is 3.91. The third kappa shape index (κ3) is 3.90. The van der Waals surface area contributed by atoms with Crippen LogP contribution in [0.1, 0.15) is 6.92 Å². The largest absolute Gasteiger partial charge is 0.397 e. The molecular weight excluding hydrogens is 249 g/mol. The molecule has 0 radical (unpaired) electrons. The molecule has 0 bridgehead atoms. The fraction of sp³-hybridized carbons (Fsp3) is 0.462. The summed E-state index contributed by atoms with van der Waals surface area (Å²) in [4.78, 5) is 13.9. The van der Waals surface area contributed by atoms with Gasteiger partial charge in [0.25, 0.3) is 0 Å². The minimum atomic E-state index is -0.426. The maximum Gasteiger partial charge on any atom is 0.238 e. The van der Waals surface area contributed by atoms with Crippen molar-refractivity contribution in [2.24, 2.45) is 0 Å².